The summed E-state index contributed by atoms with van der Waals surface area (Å²) in [6.45, 7) is 6.74. The van der Waals surface area contributed by atoms with Gasteiger partial charge < -0.3 is 10.2 Å². The van der Waals surface area contributed by atoms with E-state index >= 15 is 0 Å². The van der Waals surface area contributed by atoms with Gasteiger partial charge in [0.2, 0.25) is 0 Å². The maximum Gasteiger partial charge on any atom is 0.0855 e. The van der Waals surface area contributed by atoms with Gasteiger partial charge in [-0.15, -0.1) is 0 Å². The molecule has 0 spiro atoms. The largest absolute Gasteiger partial charge is 0.363 e. The summed E-state index contributed by atoms with van der Waals surface area (Å²) in [6.07, 6.45) is 6.02. The van der Waals surface area contributed by atoms with Crippen LogP contribution >= 0.6 is 0 Å². The van der Waals surface area contributed by atoms with Gasteiger partial charge in [-0.25, -0.2) is 0 Å². The minimum absolute atomic E-state index is 0.564. The van der Waals surface area contributed by atoms with Crippen molar-refractivity contribution in [1.82, 2.24) is 15.1 Å². The number of rotatable bonds is 3. The van der Waals surface area contributed by atoms with Crippen LogP contribution in [0.5, 0.6) is 0 Å². The van der Waals surface area contributed by atoms with E-state index in [4.69, 9.17) is 0 Å². The minimum atomic E-state index is 0.564. The zero-order valence-corrected chi connectivity index (χ0v) is 11.7. The molecule has 100 valence electrons. The van der Waals surface area contributed by atoms with E-state index in [0.717, 1.165) is 25.4 Å². The molecule has 0 aromatic carbocycles. The highest BCUT2D eigenvalue weighted by molar-refractivity contribution is 5.51. The lowest BCUT2D eigenvalue weighted by atomic mass is 10.1. The van der Waals surface area contributed by atoms with Gasteiger partial charge in [-0.3, -0.25) is 4.68 Å². The maximum absolute atomic E-state index is 4.58. The molecule has 1 aromatic rings. The van der Waals surface area contributed by atoms with Gasteiger partial charge in [-0.2, -0.15) is 5.10 Å². The fourth-order valence-corrected chi connectivity index (χ4v) is 3.05. The minimum Gasteiger partial charge on any atom is -0.363 e. The molecule has 1 saturated carbocycles. The molecule has 2 aliphatic rings. The molecule has 1 aliphatic carbocycles. The van der Waals surface area contributed by atoms with Crippen LogP contribution in [0.2, 0.25) is 0 Å². The van der Waals surface area contributed by atoms with Crippen molar-refractivity contribution < 1.29 is 0 Å². The quantitative estimate of drug-likeness (QED) is 0.881. The molecule has 0 radical (unpaired) electrons. The summed E-state index contributed by atoms with van der Waals surface area (Å²) in [5.74, 6) is 0.918. The second-order valence-electron chi connectivity index (χ2n) is 5.84. The van der Waals surface area contributed by atoms with Crippen molar-refractivity contribution in [2.24, 2.45) is 13.0 Å². The molecule has 1 N–H and O–H groups in total. The van der Waals surface area contributed by atoms with Crippen LogP contribution in [0.1, 0.15) is 32.4 Å². The number of aromatic nitrogens is 2. The molecule has 2 fully saturated rings. The summed E-state index contributed by atoms with van der Waals surface area (Å²) in [5, 5.41) is 8.28. The third-order valence-electron chi connectivity index (χ3n) is 4.32. The van der Waals surface area contributed by atoms with Crippen LogP contribution in [0.25, 0.3) is 0 Å². The molecule has 2 atom stereocenters. The van der Waals surface area contributed by atoms with Crippen molar-refractivity contribution in [3.8, 4) is 0 Å². The molecule has 1 aromatic heterocycles. The van der Waals surface area contributed by atoms with Crippen molar-refractivity contribution in [2.75, 3.05) is 18.0 Å². The van der Waals surface area contributed by atoms with Crippen molar-refractivity contribution in [3.05, 3.63) is 11.9 Å². The fraction of sp³-hybridized carbons (Fsp3) is 0.786. The standard InChI is InChI=1S/C14H24N4/c1-4-12-14(9-17(3)16-12)18-8-13(11-5-6-11)15-7-10(18)2/h9-11,13,15H,4-8H2,1-3H3. The first kappa shape index (κ1) is 12.0. The average Bonchev–Trinajstić information content (AvgIpc) is 3.13. The Hall–Kier alpha value is -1.03. The summed E-state index contributed by atoms with van der Waals surface area (Å²) >= 11 is 0. The van der Waals surface area contributed by atoms with E-state index in [-0.39, 0.29) is 0 Å². The zero-order valence-electron chi connectivity index (χ0n) is 11.7. The Morgan fingerprint density at radius 2 is 2.22 bits per heavy atom. The topological polar surface area (TPSA) is 33.1 Å². The lowest BCUT2D eigenvalue weighted by Crippen LogP contribution is -2.56. The molecule has 2 heterocycles. The number of nitrogens with zero attached hydrogens (tertiary/aromatic N) is 3. The van der Waals surface area contributed by atoms with Crippen LogP contribution in [0.15, 0.2) is 6.20 Å². The van der Waals surface area contributed by atoms with Crippen molar-refractivity contribution in [2.45, 2.75) is 45.2 Å². The summed E-state index contributed by atoms with van der Waals surface area (Å²) in [6, 6.07) is 1.25. The highest BCUT2D eigenvalue weighted by Gasteiger charge is 2.36. The molecule has 1 saturated heterocycles. The monoisotopic (exact) mass is 248 g/mol. The van der Waals surface area contributed by atoms with Crippen LogP contribution in [-0.2, 0) is 13.5 Å². The Balaban J connectivity index is 1.83. The van der Waals surface area contributed by atoms with Crippen molar-refractivity contribution in [3.63, 3.8) is 0 Å². The third kappa shape index (κ3) is 2.14. The molecule has 2 unspecified atom stereocenters. The SMILES string of the molecule is CCc1nn(C)cc1N1CC(C2CC2)NCC1C. The number of nitrogens with one attached hydrogen (secondary N) is 1. The molecule has 0 bridgehead atoms. The first-order chi connectivity index (χ1) is 8.69. The van der Waals surface area contributed by atoms with Gasteiger partial charge in [0.15, 0.2) is 0 Å². The number of hydrogen-bond donors (Lipinski definition) is 1. The highest BCUT2D eigenvalue weighted by atomic mass is 15.3. The Kier molecular flexibility index (Phi) is 3.06. The normalized spacial score (nSPS) is 28.7. The molecular weight excluding hydrogens is 224 g/mol. The highest BCUT2D eigenvalue weighted by Crippen LogP contribution is 2.35. The van der Waals surface area contributed by atoms with E-state index in [1.54, 1.807) is 0 Å². The van der Waals surface area contributed by atoms with Gasteiger partial charge >= 0.3 is 0 Å². The first-order valence-corrected chi connectivity index (χ1v) is 7.21. The summed E-state index contributed by atoms with van der Waals surface area (Å²) < 4.78 is 1.95. The average molecular weight is 248 g/mol. The second-order valence-corrected chi connectivity index (χ2v) is 5.84. The molecule has 18 heavy (non-hydrogen) atoms. The lowest BCUT2D eigenvalue weighted by molar-refractivity contribution is 0.375. The van der Waals surface area contributed by atoms with Gasteiger partial charge in [0.1, 0.15) is 0 Å². The van der Waals surface area contributed by atoms with E-state index in [2.05, 4.69) is 35.4 Å². The molecule has 4 nitrogen and oxygen atoms in total. The first-order valence-electron chi connectivity index (χ1n) is 7.21. The molecule has 1 aliphatic heterocycles. The smallest absolute Gasteiger partial charge is 0.0855 e. The van der Waals surface area contributed by atoms with Gasteiger partial charge in [0.05, 0.1) is 11.4 Å². The van der Waals surface area contributed by atoms with E-state index in [1.165, 1.54) is 24.2 Å². The zero-order chi connectivity index (χ0) is 12.7. The molecule has 0 amide bonds. The van der Waals surface area contributed by atoms with Crippen LogP contribution in [0.3, 0.4) is 0 Å². The third-order valence-corrected chi connectivity index (χ3v) is 4.32. The van der Waals surface area contributed by atoms with Gasteiger partial charge in [-0.05, 0) is 32.1 Å². The predicted molar refractivity (Wildman–Crippen MR) is 73.9 cm³/mol. The number of anilines is 1. The van der Waals surface area contributed by atoms with E-state index in [9.17, 15) is 0 Å². The second kappa shape index (κ2) is 4.57. The van der Waals surface area contributed by atoms with Crippen LogP contribution in [0, 0.1) is 5.92 Å². The van der Waals surface area contributed by atoms with E-state index in [0.29, 0.717) is 12.1 Å². The van der Waals surface area contributed by atoms with E-state index in [1.807, 2.05) is 11.7 Å². The number of hydrogen-bond acceptors (Lipinski definition) is 3. The molecular formula is C14H24N4. The Bertz CT molecular complexity index is 421. The predicted octanol–water partition coefficient (Wildman–Crippen LogP) is 1.56. The summed E-state index contributed by atoms with van der Waals surface area (Å²) in [4.78, 5) is 2.56. The molecule has 4 heteroatoms. The number of piperazine rings is 1. The van der Waals surface area contributed by atoms with Crippen LogP contribution in [0.4, 0.5) is 5.69 Å². The van der Waals surface area contributed by atoms with Crippen LogP contribution in [-0.4, -0.2) is 35.0 Å². The van der Waals surface area contributed by atoms with Gasteiger partial charge in [0.25, 0.3) is 0 Å². The Morgan fingerprint density at radius 1 is 1.44 bits per heavy atom. The summed E-state index contributed by atoms with van der Waals surface area (Å²) in [7, 11) is 2.02. The van der Waals surface area contributed by atoms with Crippen molar-refractivity contribution in [1.29, 1.82) is 0 Å². The summed E-state index contributed by atoms with van der Waals surface area (Å²) in [5.41, 5.74) is 2.58. The Labute approximate surface area is 109 Å². The molecule has 3 rings (SSSR count). The van der Waals surface area contributed by atoms with Crippen LogP contribution < -0.4 is 10.2 Å². The lowest BCUT2D eigenvalue weighted by Gasteiger charge is -2.40. The van der Waals surface area contributed by atoms with E-state index < -0.39 is 0 Å². The number of aryl methyl sites for hydroxylation is 2. The maximum atomic E-state index is 4.58. The Morgan fingerprint density at radius 3 is 2.89 bits per heavy atom. The van der Waals surface area contributed by atoms with Crippen molar-refractivity contribution >= 4 is 5.69 Å². The van der Waals surface area contributed by atoms with Gasteiger partial charge in [-0.1, -0.05) is 6.92 Å². The fourth-order valence-electron chi connectivity index (χ4n) is 3.05. The van der Waals surface area contributed by atoms with Gasteiger partial charge in [0, 0.05) is 38.4 Å².